The molecule has 0 spiro atoms. The number of fused-ring (bicyclic) bond motifs is 1. The SMILES string of the molecule is C=CCC1CCN(Nc2nc(N[C@H]3CC[C@H](N)CC3)nc3c2ncn3C2CCCC2)CC1. The predicted octanol–water partition coefficient (Wildman–Crippen LogP) is 4.24. The highest BCUT2D eigenvalue weighted by atomic mass is 15.5. The van der Waals surface area contributed by atoms with Gasteiger partial charge in [0, 0.05) is 31.2 Å². The molecule has 3 aliphatic rings. The highest BCUT2D eigenvalue weighted by Gasteiger charge is 2.25. The van der Waals surface area contributed by atoms with Gasteiger partial charge >= 0.3 is 0 Å². The summed E-state index contributed by atoms with van der Waals surface area (Å²) in [6.45, 7) is 5.92. The molecule has 0 aromatic carbocycles. The van der Waals surface area contributed by atoms with Gasteiger partial charge in [-0.3, -0.25) is 0 Å². The van der Waals surface area contributed by atoms with Gasteiger partial charge in [0.2, 0.25) is 5.95 Å². The first-order chi connectivity index (χ1) is 15.7. The van der Waals surface area contributed by atoms with E-state index < -0.39 is 0 Å². The van der Waals surface area contributed by atoms with Gasteiger partial charge in [-0.2, -0.15) is 9.97 Å². The molecule has 3 fully saturated rings. The van der Waals surface area contributed by atoms with Gasteiger partial charge in [-0.1, -0.05) is 18.9 Å². The Bertz CT molecular complexity index is 902. The van der Waals surface area contributed by atoms with Crippen molar-refractivity contribution in [2.24, 2.45) is 11.7 Å². The number of piperidine rings is 1. The molecule has 0 unspecified atom stereocenters. The smallest absolute Gasteiger partial charge is 0.227 e. The van der Waals surface area contributed by atoms with Crippen LogP contribution in [-0.4, -0.2) is 49.7 Å². The Balaban J connectivity index is 1.39. The normalized spacial score (nSPS) is 25.9. The van der Waals surface area contributed by atoms with Crippen LogP contribution in [-0.2, 0) is 0 Å². The van der Waals surface area contributed by atoms with E-state index in [4.69, 9.17) is 20.7 Å². The number of aromatic nitrogens is 4. The van der Waals surface area contributed by atoms with Crippen LogP contribution in [0, 0.1) is 5.92 Å². The minimum absolute atomic E-state index is 0.335. The molecule has 174 valence electrons. The summed E-state index contributed by atoms with van der Waals surface area (Å²) in [5, 5.41) is 5.91. The van der Waals surface area contributed by atoms with Crippen LogP contribution >= 0.6 is 0 Å². The Morgan fingerprint density at radius 1 is 1.03 bits per heavy atom. The molecule has 8 heteroatoms. The summed E-state index contributed by atoms with van der Waals surface area (Å²) in [6, 6.07) is 1.22. The van der Waals surface area contributed by atoms with Crippen molar-refractivity contribution >= 4 is 22.9 Å². The van der Waals surface area contributed by atoms with Crippen LogP contribution in [0.4, 0.5) is 11.8 Å². The van der Waals surface area contributed by atoms with Gasteiger partial charge in [-0.05, 0) is 63.7 Å². The van der Waals surface area contributed by atoms with Gasteiger partial charge < -0.3 is 21.0 Å². The average molecular weight is 439 g/mol. The van der Waals surface area contributed by atoms with E-state index in [2.05, 4.69) is 26.9 Å². The summed E-state index contributed by atoms with van der Waals surface area (Å²) in [5.74, 6) is 2.28. The number of allylic oxidation sites excluding steroid dienone is 1. The summed E-state index contributed by atoms with van der Waals surface area (Å²) >= 11 is 0. The van der Waals surface area contributed by atoms with E-state index in [1.54, 1.807) is 0 Å². The molecule has 0 bridgehead atoms. The summed E-state index contributed by atoms with van der Waals surface area (Å²) in [7, 11) is 0. The topological polar surface area (TPSA) is 96.9 Å². The second-order valence-electron chi connectivity index (χ2n) is 9.98. The summed E-state index contributed by atoms with van der Waals surface area (Å²) in [6.07, 6.45) is 16.7. The van der Waals surface area contributed by atoms with Crippen LogP contribution < -0.4 is 16.5 Å². The number of anilines is 2. The Morgan fingerprint density at radius 3 is 2.50 bits per heavy atom. The van der Waals surface area contributed by atoms with Crippen molar-refractivity contribution in [3.63, 3.8) is 0 Å². The molecule has 4 N–H and O–H groups in total. The maximum atomic E-state index is 6.11. The fourth-order valence-electron chi connectivity index (χ4n) is 5.62. The highest BCUT2D eigenvalue weighted by molar-refractivity contribution is 5.84. The van der Waals surface area contributed by atoms with Crippen LogP contribution in [0.25, 0.3) is 11.2 Å². The molecule has 32 heavy (non-hydrogen) atoms. The predicted molar refractivity (Wildman–Crippen MR) is 129 cm³/mol. The van der Waals surface area contributed by atoms with Crippen LogP contribution in [0.5, 0.6) is 0 Å². The molecular weight excluding hydrogens is 400 g/mol. The molecule has 1 saturated heterocycles. The molecule has 5 rings (SSSR count). The van der Waals surface area contributed by atoms with Crippen molar-refractivity contribution in [3.05, 3.63) is 19.0 Å². The van der Waals surface area contributed by atoms with Crippen LogP contribution in [0.15, 0.2) is 19.0 Å². The third-order valence-electron chi connectivity index (χ3n) is 7.62. The third kappa shape index (κ3) is 4.76. The maximum Gasteiger partial charge on any atom is 0.227 e. The molecule has 0 amide bonds. The number of nitrogens with two attached hydrogens (primary N) is 1. The molecule has 2 saturated carbocycles. The number of nitrogens with one attached hydrogen (secondary N) is 2. The Hall–Kier alpha value is -2.19. The third-order valence-corrected chi connectivity index (χ3v) is 7.62. The Labute approximate surface area is 191 Å². The van der Waals surface area contributed by atoms with Crippen LogP contribution in [0.3, 0.4) is 0 Å². The van der Waals surface area contributed by atoms with E-state index in [1.165, 1.54) is 38.5 Å². The molecule has 0 radical (unpaired) electrons. The van der Waals surface area contributed by atoms with Crippen molar-refractivity contribution in [2.45, 2.75) is 88.8 Å². The van der Waals surface area contributed by atoms with E-state index >= 15 is 0 Å². The van der Waals surface area contributed by atoms with Crippen LogP contribution in [0.2, 0.25) is 0 Å². The lowest BCUT2D eigenvalue weighted by molar-refractivity contribution is 0.218. The van der Waals surface area contributed by atoms with Gasteiger partial charge in [0.25, 0.3) is 0 Å². The van der Waals surface area contributed by atoms with Crippen LogP contribution in [0.1, 0.15) is 76.7 Å². The van der Waals surface area contributed by atoms with Gasteiger partial charge in [0.05, 0.1) is 6.33 Å². The first kappa shape index (κ1) is 21.6. The molecule has 3 heterocycles. The lowest BCUT2D eigenvalue weighted by Crippen LogP contribution is -2.38. The number of hydrogen-bond acceptors (Lipinski definition) is 7. The van der Waals surface area contributed by atoms with Gasteiger partial charge in [0.15, 0.2) is 17.0 Å². The lowest BCUT2D eigenvalue weighted by Gasteiger charge is -2.32. The molecule has 1 aliphatic heterocycles. The Morgan fingerprint density at radius 2 is 1.78 bits per heavy atom. The van der Waals surface area contributed by atoms with Crippen molar-refractivity contribution in [3.8, 4) is 0 Å². The van der Waals surface area contributed by atoms with Gasteiger partial charge in [-0.25, -0.2) is 9.99 Å². The standard InChI is InChI=1S/C24H38N8/c1-2-5-17-12-14-31(15-13-17)30-22-21-23(32(16-26-21)20-6-3-4-7-20)29-24(28-22)27-19-10-8-18(25)9-11-19/h2,16-20H,1,3-15,25H2,(H2,27,28,29,30)/t18-,19-. The van der Waals surface area contributed by atoms with E-state index in [9.17, 15) is 0 Å². The number of nitrogens with zero attached hydrogens (tertiary/aromatic N) is 5. The van der Waals surface area contributed by atoms with E-state index in [0.717, 1.165) is 68.1 Å². The molecule has 2 aliphatic carbocycles. The fourth-order valence-corrected chi connectivity index (χ4v) is 5.62. The number of hydrazine groups is 1. The van der Waals surface area contributed by atoms with Gasteiger partial charge in [-0.15, -0.1) is 6.58 Å². The number of rotatable bonds is 7. The molecule has 2 aromatic rings. The largest absolute Gasteiger partial charge is 0.351 e. The Kier molecular flexibility index (Phi) is 6.59. The number of imidazole rings is 1. The summed E-state index contributed by atoms with van der Waals surface area (Å²) in [4.78, 5) is 14.6. The first-order valence-corrected chi connectivity index (χ1v) is 12.6. The average Bonchev–Trinajstić information content (AvgIpc) is 3.47. The summed E-state index contributed by atoms with van der Waals surface area (Å²) in [5.41, 5.74) is 11.5. The molecular formula is C24H38N8. The lowest BCUT2D eigenvalue weighted by atomic mass is 9.92. The van der Waals surface area contributed by atoms with E-state index in [-0.39, 0.29) is 0 Å². The first-order valence-electron chi connectivity index (χ1n) is 12.6. The second-order valence-corrected chi connectivity index (χ2v) is 9.98. The molecule has 8 nitrogen and oxygen atoms in total. The minimum Gasteiger partial charge on any atom is -0.351 e. The van der Waals surface area contributed by atoms with Crippen molar-refractivity contribution < 1.29 is 0 Å². The van der Waals surface area contributed by atoms with E-state index in [1.807, 2.05) is 12.4 Å². The van der Waals surface area contributed by atoms with Crippen molar-refractivity contribution in [1.29, 1.82) is 0 Å². The van der Waals surface area contributed by atoms with Gasteiger partial charge in [0.1, 0.15) is 0 Å². The maximum absolute atomic E-state index is 6.11. The quantitative estimate of drug-likeness (QED) is 0.556. The second kappa shape index (κ2) is 9.75. The van der Waals surface area contributed by atoms with Crippen molar-refractivity contribution in [2.75, 3.05) is 23.8 Å². The summed E-state index contributed by atoms with van der Waals surface area (Å²) < 4.78 is 2.29. The zero-order valence-corrected chi connectivity index (χ0v) is 19.2. The minimum atomic E-state index is 0.335. The molecule has 2 aromatic heterocycles. The fraction of sp³-hybridized carbons (Fsp3) is 0.708. The number of hydrogen-bond donors (Lipinski definition) is 3. The van der Waals surface area contributed by atoms with E-state index in [0.29, 0.717) is 24.1 Å². The zero-order chi connectivity index (χ0) is 21.9. The van der Waals surface area contributed by atoms with Crippen molar-refractivity contribution in [1.82, 2.24) is 24.5 Å². The monoisotopic (exact) mass is 438 g/mol. The highest BCUT2D eigenvalue weighted by Crippen LogP contribution is 2.33. The zero-order valence-electron chi connectivity index (χ0n) is 19.2. The molecule has 0 atom stereocenters.